The van der Waals surface area contributed by atoms with E-state index in [1.54, 1.807) is 18.6 Å². The van der Waals surface area contributed by atoms with Crippen LogP contribution >= 0.6 is 33.9 Å². The highest BCUT2D eigenvalue weighted by atomic mass is 127. The van der Waals surface area contributed by atoms with Gasteiger partial charge in [0.15, 0.2) is 16.3 Å². The lowest BCUT2D eigenvalue weighted by Gasteiger charge is -2.25. The van der Waals surface area contributed by atoms with E-state index < -0.39 is 12.0 Å². The Morgan fingerprint density at radius 1 is 0.978 bits per heavy atom. The van der Waals surface area contributed by atoms with Crippen molar-refractivity contribution in [2.24, 2.45) is 4.99 Å². The lowest BCUT2D eigenvalue weighted by Crippen LogP contribution is -2.40. The number of halogens is 1. The Bertz CT molecular complexity index is 2060. The molecule has 0 bridgehead atoms. The van der Waals surface area contributed by atoms with Gasteiger partial charge in [-0.3, -0.25) is 9.36 Å². The average Bonchev–Trinajstić information content (AvgIpc) is 3.38. The topological polar surface area (TPSA) is 79.1 Å². The van der Waals surface area contributed by atoms with Crippen LogP contribution in [0, 0.1) is 3.57 Å². The number of benzene rings is 4. The molecule has 1 aromatic heterocycles. The van der Waals surface area contributed by atoms with E-state index in [9.17, 15) is 9.59 Å². The third-order valence-corrected chi connectivity index (χ3v) is 9.05. The summed E-state index contributed by atoms with van der Waals surface area (Å²) in [6.07, 6.45) is 1.83. The number of hydrogen-bond donors (Lipinski definition) is 0. The lowest BCUT2D eigenvalue weighted by atomic mass is 9.93. The van der Waals surface area contributed by atoms with Crippen LogP contribution < -0.4 is 24.4 Å². The second-order valence-electron chi connectivity index (χ2n) is 10.2. The molecule has 2 heterocycles. The van der Waals surface area contributed by atoms with E-state index in [0.29, 0.717) is 38.7 Å². The van der Waals surface area contributed by atoms with Gasteiger partial charge >= 0.3 is 5.97 Å². The third kappa shape index (κ3) is 6.36. The molecule has 0 aliphatic carbocycles. The van der Waals surface area contributed by atoms with Crippen LogP contribution in [0.4, 0.5) is 0 Å². The molecule has 0 saturated carbocycles. The van der Waals surface area contributed by atoms with Crippen molar-refractivity contribution in [1.29, 1.82) is 0 Å². The minimum absolute atomic E-state index is 0.196. The molecule has 4 aromatic carbocycles. The van der Waals surface area contributed by atoms with Crippen molar-refractivity contribution in [3.8, 4) is 11.5 Å². The van der Waals surface area contributed by atoms with E-state index in [2.05, 4.69) is 22.6 Å². The second kappa shape index (κ2) is 13.7. The molecule has 0 spiro atoms. The summed E-state index contributed by atoms with van der Waals surface area (Å²) in [7, 11) is 1.60. The molecule has 1 atom stereocenters. The molecule has 0 radical (unpaired) electrons. The summed E-state index contributed by atoms with van der Waals surface area (Å²) in [5.41, 5.74) is 3.94. The van der Waals surface area contributed by atoms with Crippen LogP contribution in [0.1, 0.15) is 35.2 Å². The fourth-order valence-corrected chi connectivity index (χ4v) is 7.02. The first-order valence-electron chi connectivity index (χ1n) is 14.4. The smallest absolute Gasteiger partial charge is 0.338 e. The summed E-state index contributed by atoms with van der Waals surface area (Å²) >= 11 is 3.50. The number of carbonyl (C=O) groups is 1. The summed E-state index contributed by atoms with van der Waals surface area (Å²) in [6, 6.07) is 32.1. The number of methoxy groups -OCH3 is 1. The first-order valence-corrected chi connectivity index (χ1v) is 16.3. The maximum absolute atomic E-state index is 14.2. The van der Waals surface area contributed by atoms with Gasteiger partial charge in [-0.1, -0.05) is 102 Å². The molecule has 9 heteroatoms. The highest BCUT2D eigenvalue weighted by molar-refractivity contribution is 14.1. The van der Waals surface area contributed by atoms with Crippen molar-refractivity contribution in [3.05, 3.63) is 154 Å². The molecule has 5 aromatic rings. The van der Waals surface area contributed by atoms with Crippen LogP contribution in [0.15, 0.2) is 118 Å². The number of ether oxygens (including phenoxy) is 3. The van der Waals surface area contributed by atoms with Gasteiger partial charge in [-0.2, -0.15) is 0 Å². The SMILES string of the molecule is CCOC(=O)C1=C(c2ccccc2)N=c2s/c(=C\c3cc(I)c(OCc4ccccc4)c(OC)c3)c(=O)n2[C@H]1c1ccccc1. The number of hydrogen-bond acceptors (Lipinski definition) is 7. The summed E-state index contributed by atoms with van der Waals surface area (Å²) in [4.78, 5) is 33.2. The van der Waals surface area contributed by atoms with Crippen molar-refractivity contribution in [2.45, 2.75) is 19.6 Å². The minimum atomic E-state index is -0.720. The van der Waals surface area contributed by atoms with Gasteiger partial charge < -0.3 is 14.2 Å². The molecule has 0 amide bonds. The van der Waals surface area contributed by atoms with E-state index in [0.717, 1.165) is 25.8 Å². The zero-order valence-electron chi connectivity index (χ0n) is 24.6. The van der Waals surface area contributed by atoms with Crippen LogP contribution in [0.3, 0.4) is 0 Å². The molecular formula is C36H29IN2O5S. The maximum Gasteiger partial charge on any atom is 0.338 e. The highest BCUT2D eigenvalue weighted by Crippen LogP contribution is 2.36. The van der Waals surface area contributed by atoms with Gasteiger partial charge in [0, 0.05) is 5.56 Å². The number of carbonyl (C=O) groups excluding carboxylic acids is 1. The average molecular weight is 729 g/mol. The molecule has 45 heavy (non-hydrogen) atoms. The fourth-order valence-electron chi connectivity index (χ4n) is 5.24. The minimum Gasteiger partial charge on any atom is -0.493 e. The van der Waals surface area contributed by atoms with Crippen molar-refractivity contribution < 1.29 is 19.0 Å². The Morgan fingerprint density at radius 2 is 1.64 bits per heavy atom. The van der Waals surface area contributed by atoms with Gasteiger partial charge in [0.05, 0.1) is 39.1 Å². The molecule has 0 fully saturated rings. The molecule has 1 aliphatic heterocycles. The Labute approximate surface area is 277 Å². The van der Waals surface area contributed by atoms with Gasteiger partial charge in [0.1, 0.15) is 6.61 Å². The van der Waals surface area contributed by atoms with Crippen molar-refractivity contribution >= 4 is 51.7 Å². The van der Waals surface area contributed by atoms with E-state index in [1.807, 2.05) is 109 Å². The first kappa shape index (κ1) is 30.5. The Hall–Kier alpha value is -4.48. The quantitative estimate of drug-likeness (QED) is 0.135. The number of thiazole rings is 1. The van der Waals surface area contributed by atoms with Gasteiger partial charge in [0.25, 0.3) is 5.56 Å². The molecular weight excluding hydrogens is 699 g/mol. The number of nitrogens with zero attached hydrogens (tertiary/aromatic N) is 2. The Balaban J connectivity index is 1.49. The highest BCUT2D eigenvalue weighted by Gasteiger charge is 2.35. The largest absolute Gasteiger partial charge is 0.493 e. The predicted molar refractivity (Wildman–Crippen MR) is 184 cm³/mol. The van der Waals surface area contributed by atoms with E-state index in [-0.39, 0.29) is 12.2 Å². The van der Waals surface area contributed by atoms with E-state index in [1.165, 1.54) is 11.3 Å². The van der Waals surface area contributed by atoms with Crippen molar-refractivity contribution in [2.75, 3.05) is 13.7 Å². The monoisotopic (exact) mass is 728 g/mol. The zero-order chi connectivity index (χ0) is 31.3. The molecule has 6 rings (SSSR count). The molecule has 7 nitrogen and oxygen atoms in total. The van der Waals surface area contributed by atoms with Crippen molar-refractivity contribution in [1.82, 2.24) is 4.57 Å². The molecule has 0 saturated heterocycles. The standard InChI is InChI=1S/C36H29IN2O5S/c1-3-43-35(41)30-31(25-15-9-5-10-16-25)38-36-39(32(30)26-17-11-6-12-18-26)34(40)29(45-36)21-24-19-27(37)33(28(20-24)42-2)44-22-23-13-7-4-8-14-23/h4-21,32H,3,22H2,1-2H3/b29-21-/t32-/m0/s1. The lowest BCUT2D eigenvalue weighted by molar-refractivity contribution is -0.138. The first-order chi connectivity index (χ1) is 22.0. The van der Waals surface area contributed by atoms with Crippen LogP contribution in [0.25, 0.3) is 11.8 Å². The number of esters is 1. The van der Waals surface area contributed by atoms with Crippen LogP contribution in [0.5, 0.6) is 11.5 Å². The van der Waals surface area contributed by atoms with Gasteiger partial charge in [-0.15, -0.1) is 0 Å². The van der Waals surface area contributed by atoms with Crippen LogP contribution in [-0.2, 0) is 16.1 Å². The zero-order valence-corrected chi connectivity index (χ0v) is 27.6. The summed E-state index contributed by atoms with van der Waals surface area (Å²) in [5, 5.41) is 0. The van der Waals surface area contributed by atoms with Crippen LogP contribution in [-0.4, -0.2) is 24.3 Å². The van der Waals surface area contributed by atoms with E-state index in [4.69, 9.17) is 19.2 Å². The van der Waals surface area contributed by atoms with E-state index >= 15 is 0 Å². The number of aromatic nitrogens is 1. The summed E-state index contributed by atoms with van der Waals surface area (Å²) in [5.74, 6) is 0.694. The fraction of sp³-hybridized carbons (Fsp3) is 0.139. The molecule has 0 N–H and O–H groups in total. The number of fused-ring (bicyclic) bond motifs is 1. The van der Waals surface area contributed by atoms with Gasteiger partial charge in [0.2, 0.25) is 0 Å². The van der Waals surface area contributed by atoms with Gasteiger partial charge in [-0.25, -0.2) is 9.79 Å². The predicted octanol–water partition coefficient (Wildman–Crippen LogP) is 6.13. The normalized spacial score (nSPS) is 14.5. The Morgan fingerprint density at radius 3 is 2.31 bits per heavy atom. The van der Waals surface area contributed by atoms with Crippen LogP contribution in [0.2, 0.25) is 0 Å². The third-order valence-electron chi connectivity index (χ3n) is 7.26. The second-order valence-corrected chi connectivity index (χ2v) is 12.3. The molecule has 226 valence electrons. The number of rotatable bonds is 9. The summed E-state index contributed by atoms with van der Waals surface area (Å²) in [6.45, 7) is 2.36. The Kier molecular flexibility index (Phi) is 9.27. The molecule has 1 aliphatic rings. The van der Waals surface area contributed by atoms with Crippen molar-refractivity contribution in [3.63, 3.8) is 0 Å². The molecule has 0 unspecified atom stereocenters. The van der Waals surface area contributed by atoms with Gasteiger partial charge in [-0.05, 0) is 64.4 Å². The maximum atomic E-state index is 14.2. The summed E-state index contributed by atoms with van der Waals surface area (Å²) < 4.78 is 20.3.